The maximum absolute atomic E-state index is 13.7. The zero-order chi connectivity index (χ0) is 21.1. The second-order valence-corrected chi connectivity index (χ2v) is 7.16. The predicted octanol–water partition coefficient (Wildman–Crippen LogP) is 3.56. The van der Waals surface area contributed by atoms with E-state index in [1.165, 1.54) is 6.20 Å². The number of hydrogen-bond acceptors (Lipinski definition) is 4. The smallest absolute Gasteiger partial charge is 0.363 e. The predicted molar refractivity (Wildman–Crippen MR) is 104 cm³/mol. The van der Waals surface area contributed by atoms with Gasteiger partial charge in [-0.25, -0.2) is 9.67 Å². The lowest BCUT2D eigenvalue weighted by Crippen LogP contribution is -2.36. The maximum atomic E-state index is 13.7. The van der Waals surface area contributed by atoms with E-state index in [0.29, 0.717) is 19.5 Å². The number of aromatic nitrogens is 4. The second kappa shape index (κ2) is 8.21. The minimum Gasteiger partial charge on any atom is -0.363 e. The molecular weight excluding hydrogens is 397 g/mol. The first kappa shape index (κ1) is 20.0. The van der Waals surface area contributed by atoms with Crippen molar-refractivity contribution in [2.24, 2.45) is 0 Å². The summed E-state index contributed by atoms with van der Waals surface area (Å²) >= 11 is 0. The number of amides is 1. The Bertz CT molecular complexity index is 984. The lowest BCUT2D eigenvalue weighted by molar-refractivity contribution is -0.173. The van der Waals surface area contributed by atoms with Crippen LogP contribution in [0.1, 0.15) is 40.8 Å². The van der Waals surface area contributed by atoms with Gasteiger partial charge in [-0.3, -0.25) is 4.79 Å². The highest BCUT2D eigenvalue weighted by molar-refractivity contribution is 5.98. The van der Waals surface area contributed by atoms with Crippen LogP contribution in [0.15, 0.2) is 55.2 Å². The van der Waals surface area contributed by atoms with Crippen molar-refractivity contribution in [3.05, 3.63) is 66.4 Å². The van der Waals surface area contributed by atoms with Crippen LogP contribution >= 0.6 is 0 Å². The molecule has 1 aromatic carbocycles. The van der Waals surface area contributed by atoms with Gasteiger partial charge in [-0.1, -0.05) is 30.3 Å². The van der Waals surface area contributed by atoms with Crippen LogP contribution in [0, 0.1) is 0 Å². The molecule has 0 unspecified atom stereocenters. The van der Waals surface area contributed by atoms with Gasteiger partial charge in [0.15, 0.2) is 6.04 Å². The van der Waals surface area contributed by atoms with Gasteiger partial charge in [-0.15, -0.1) is 0 Å². The largest absolute Gasteiger partial charge is 0.410 e. The van der Waals surface area contributed by atoms with Gasteiger partial charge in [-0.2, -0.15) is 18.3 Å². The molecule has 0 saturated heterocycles. The number of nitrogens with zero attached hydrogens (tertiary/aromatic N) is 4. The summed E-state index contributed by atoms with van der Waals surface area (Å²) in [5.74, 6) is -0.367. The lowest BCUT2D eigenvalue weighted by Gasteiger charge is -2.34. The van der Waals surface area contributed by atoms with Crippen LogP contribution in [-0.4, -0.2) is 38.0 Å². The zero-order valence-corrected chi connectivity index (χ0v) is 16.0. The van der Waals surface area contributed by atoms with Crippen molar-refractivity contribution in [1.29, 1.82) is 0 Å². The molecule has 2 aromatic heterocycles. The highest BCUT2D eigenvalue weighted by atomic mass is 19.4. The van der Waals surface area contributed by atoms with Gasteiger partial charge < -0.3 is 15.2 Å². The van der Waals surface area contributed by atoms with Gasteiger partial charge in [0.05, 0.1) is 18.6 Å². The number of aryl methyl sites for hydroxylation is 1. The summed E-state index contributed by atoms with van der Waals surface area (Å²) in [6, 6.07) is 6.52. The molecule has 2 N–H and O–H groups in total. The van der Waals surface area contributed by atoms with Crippen molar-refractivity contribution in [2.45, 2.75) is 37.6 Å². The van der Waals surface area contributed by atoms with Gasteiger partial charge in [0.2, 0.25) is 0 Å². The number of carbonyl (C=O) groups is 1. The molecule has 1 amide bonds. The first-order chi connectivity index (χ1) is 14.4. The Morgan fingerprint density at radius 2 is 2.07 bits per heavy atom. The molecule has 0 spiro atoms. The number of anilines is 1. The second-order valence-electron chi connectivity index (χ2n) is 7.16. The number of carbonyl (C=O) groups excluding carboxylic acids is 1. The molecule has 30 heavy (non-hydrogen) atoms. The molecule has 1 aliphatic heterocycles. The molecule has 0 bridgehead atoms. The normalized spacial score (nSPS) is 18.5. The standard InChI is InChI=1S/C20H21F3N6O/c21-20(22,23)17-11-16(14-5-2-1-3-6-14)27-18-15(12-26-29(17)18)19(30)25-7-4-9-28-10-8-24-13-28/h1-3,5-6,8,10,12-13,16-17,27H,4,7,9,11H2,(H,25,30)/t16-,17-/m0/s1. The van der Waals surface area contributed by atoms with Crippen molar-refractivity contribution < 1.29 is 18.0 Å². The Morgan fingerprint density at radius 3 is 2.77 bits per heavy atom. The summed E-state index contributed by atoms with van der Waals surface area (Å²) in [5, 5.41) is 9.73. The number of hydrogen-bond donors (Lipinski definition) is 2. The van der Waals surface area contributed by atoms with Gasteiger partial charge in [0.25, 0.3) is 5.91 Å². The molecule has 7 nitrogen and oxygen atoms in total. The third kappa shape index (κ3) is 4.17. The average molecular weight is 418 g/mol. The number of rotatable bonds is 6. The van der Waals surface area contributed by atoms with Crippen LogP contribution in [-0.2, 0) is 6.54 Å². The SMILES string of the molecule is O=C(NCCCn1ccnc1)c1cnn2c1N[C@H](c1ccccc1)C[C@H]2C(F)(F)F. The van der Waals surface area contributed by atoms with E-state index in [-0.39, 0.29) is 17.8 Å². The van der Waals surface area contributed by atoms with Crippen LogP contribution in [0.3, 0.4) is 0 Å². The van der Waals surface area contributed by atoms with Crippen LogP contribution in [0.25, 0.3) is 0 Å². The van der Waals surface area contributed by atoms with Crippen LogP contribution < -0.4 is 10.6 Å². The molecule has 158 valence electrons. The summed E-state index contributed by atoms with van der Waals surface area (Å²) in [6.07, 6.45) is 2.35. The summed E-state index contributed by atoms with van der Waals surface area (Å²) in [6.45, 7) is 1.06. The topological polar surface area (TPSA) is 76.8 Å². The fourth-order valence-electron chi connectivity index (χ4n) is 3.61. The molecule has 0 radical (unpaired) electrons. The lowest BCUT2D eigenvalue weighted by atomic mass is 9.96. The van der Waals surface area contributed by atoms with E-state index in [2.05, 4.69) is 20.7 Å². The monoisotopic (exact) mass is 418 g/mol. The number of nitrogens with one attached hydrogen (secondary N) is 2. The Kier molecular flexibility index (Phi) is 5.47. The first-order valence-corrected chi connectivity index (χ1v) is 9.63. The molecule has 2 atom stereocenters. The van der Waals surface area contributed by atoms with Crippen molar-refractivity contribution >= 4 is 11.7 Å². The van der Waals surface area contributed by atoms with E-state index in [9.17, 15) is 18.0 Å². The summed E-state index contributed by atoms with van der Waals surface area (Å²) < 4.78 is 43.9. The van der Waals surface area contributed by atoms with E-state index in [0.717, 1.165) is 10.2 Å². The highest BCUT2D eigenvalue weighted by Gasteiger charge is 2.47. The fraction of sp³-hybridized carbons (Fsp3) is 0.350. The number of alkyl halides is 3. The van der Waals surface area contributed by atoms with E-state index in [1.807, 2.05) is 10.8 Å². The van der Waals surface area contributed by atoms with E-state index in [4.69, 9.17) is 0 Å². The Labute approximate surface area is 170 Å². The van der Waals surface area contributed by atoms with Crippen LogP contribution in [0.4, 0.5) is 19.0 Å². The Balaban J connectivity index is 1.51. The molecule has 0 fully saturated rings. The highest BCUT2D eigenvalue weighted by Crippen LogP contribution is 2.44. The average Bonchev–Trinajstić information content (AvgIpc) is 3.40. The molecular formula is C20H21F3N6O. The minimum atomic E-state index is -4.48. The summed E-state index contributed by atoms with van der Waals surface area (Å²) in [4.78, 5) is 16.6. The Hall–Kier alpha value is -3.30. The zero-order valence-electron chi connectivity index (χ0n) is 16.0. The number of fused-ring (bicyclic) bond motifs is 1. The maximum Gasteiger partial charge on any atom is 0.410 e. The first-order valence-electron chi connectivity index (χ1n) is 9.63. The van der Waals surface area contributed by atoms with Crippen molar-refractivity contribution in [3.63, 3.8) is 0 Å². The van der Waals surface area contributed by atoms with Crippen molar-refractivity contribution in [2.75, 3.05) is 11.9 Å². The van der Waals surface area contributed by atoms with Gasteiger partial charge in [-0.05, 0) is 12.0 Å². The molecule has 1 aliphatic rings. The quantitative estimate of drug-likeness (QED) is 0.600. The van der Waals surface area contributed by atoms with Gasteiger partial charge in [0, 0.05) is 31.9 Å². The third-order valence-corrected chi connectivity index (χ3v) is 5.12. The molecule has 3 heterocycles. The third-order valence-electron chi connectivity index (χ3n) is 5.12. The molecule has 0 aliphatic carbocycles. The number of benzene rings is 1. The molecule has 3 aromatic rings. The summed E-state index contributed by atoms with van der Waals surface area (Å²) in [5.41, 5.74) is 0.832. The van der Waals surface area contributed by atoms with E-state index in [1.54, 1.807) is 42.9 Å². The number of halogens is 3. The fourth-order valence-corrected chi connectivity index (χ4v) is 3.61. The number of imidazole rings is 1. The Morgan fingerprint density at radius 1 is 1.27 bits per heavy atom. The molecule has 0 saturated carbocycles. The molecule has 4 rings (SSSR count). The van der Waals surface area contributed by atoms with Crippen LogP contribution in [0.5, 0.6) is 0 Å². The minimum absolute atomic E-state index is 0.0875. The van der Waals surface area contributed by atoms with Crippen LogP contribution in [0.2, 0.25) is 0 Å². The molecule has 10 heteroatoms. The van der Waals surface area contributed by atoms with Gasteiger partial charge >= 0.3 is 6.18 Å². The van der Waals surface area contributed by atoms with Crippen molar-refractivity contribution in [1.82, 2.24) is 24.6 Å². The van der Waals surface area contributed by atoms with Gasteiger partial charge in [0.1, 0.15) is 11.4 Å². The van der Waals surface area contributed by atoms with E-state index >= 15 is 0 Å². The summed E-state index contributed by atoms with van der Waals surface area (Å²) in [7, 11) is 0. The van der Waals surface area contributed by atoms with E-state index < -0.39 is 24.2 Å². The van der Waals surface area contributed by atoms with Crippen molar-refractivity contribution in [3.8, 4) is 0 Å².